The van der Waals surface area contributed by atoms with Gasteiger partial charge in [-0.3, -0.25) is 14.4 Å². The maximum atomic E-state index is 13.5. The van der Waals surface area contributed by atoms with Crippen LogP contribution in [-0.2, 0) is 25.6 Å². The monoisotopic (exact) mass is 519 g/mol. The quantitative estimate of drug-likeness (QED) is 0.196. The SMILES string of the molecule is CCC(C)C(NC(=O)C(Cc1c[nH]c2ccccc12)NC(=O)C(N)C(C)C)C(=O)NC(CS)C(=O)O. The molecule has 5 atom stereocenters. The van der Waals surface area contributed by atoms with Crippen molar-refractivity contribution in [1.82, 2.24) is 20.9 Å². The van der Waals surface area contributed by atoms with E-state index in [4.69, 9.17) is 5.73 Å². The van der Waals surface area contributed by atoms with Crippen molar-refractivity contribution >= 4 is 47.2 Å². The Bertz CT molecular complexity index is 1070. The fraction of sp³-hybridized carbons (Fsp3) is 0.520. The summed E-state index contributed by atoms with van der Waals surface area (Å²) < 4.78 is 0. The minimum atomic E-state index is -1.22. The van der Waals surface area contributed by atoms with Crippen LogP contribution in [0.4, 0.5) is 0 Å². The summed E-state index contributed by atoms with van der Waals surface area (Å²) in [7, 11) is 0. The Hall–Kier alpha value is -3.05. The van der Waals surface area contributed by atoms with Gasteiger partial charge in [0, 0.05) is 29.3 Å². The summed E-state index contributed by atoms with van der Waals surface area (Å²) in [4.78, 5) is 53.7. The number of para-hydroxylation sites is 1. The number of aliphatic carboxylic acids is 1. The van der Waals surface area contributed by atoms with Crippen LogP contribution < -0.4 is 21.7 Å². The lowest BCUT2D eigenvalue weighted by Gasteiger charge is -2.28. The average Bonchev–Trinajstić information content (AvgIpc) is 3.26. The number of carboxylic acid groups (broad SMARTS) is 1. The number of thiol groups is 1. The molecule has 1 heterocycles. The average molecular weight is 520 g/mol. The van der Waals surface area contributed by atoms with Gasteiger partial charge in [0.25, 0.3) is 0 Å². The molecule has 10 nitrogen and oxygen atoms in total. The summed E-state index contributed by atoms with van der Waals surface area (Å²) in [6.07, 6.45) is 2.49. The van der Waals surface area contributed by atoms with E-state index < -0.39 is 47.9 Å². The highest BCUT2D eigenvalue weighted by Gasteiger charge is 2.33. The molecule has 0 bridgehead atoms. The first-order chi connectivity index (χ1) is 17.0. The zero-order valence-electron chi connectivity index (χ0n) is 21.1. The molecular weight excluding hydrogens is 482 g/mol. The summed E-state index contributed by atoms with van der Waals surface area (Å²) in [6.45, 7) is 7.26. The third-order valence-corrected chi connectivity index (χ3v) is 6.71. The first-order valence-electron chi connectivity index (χ1n) is 12.0. The third-order valence-electron chi connectivity index (χ3n) is 6.34. The normalized spacial score (nSPS) is 15.5. The molecule has 0 aliphatic rings. The van der Waals surface area contributed by atoms with Crippen molar-refractivity contribution in [2.45, 2.75) is 64.7 Å². The van der Waals surface area contributed by atoms with Crippen LogP contribution in [0.1, 0.15) is 39.7 Å². The number of nitrogens with two attached hydrogens (primary N) is 1. The zero-order chi connectivity index (χ0) is 27.0. The predicted molar refractivity (Wildman–Crippen MR) is 142 cm³/mol. The Morgan fingerprint density at radius 2 is 1.64 bits per heavy atom. The van der Waals surface area contributed by atoms with Crippen molar-refractivity contribution in [2.75, 3.05) is 5.75 Å². The fourth-order valence-corrected chi connectivity index (χ4v) is 3.95. The van der Waals surface area contributed by atoms with Crippen molar-refractivity contribution in [3.8, 4) is 0 Å². The zero-order valence-corrected chi connectivity index (χ0v) is 22.0. The van der Waals surface area contributed by atoms with Gasteiger partial charge in [0.05, 0.1) is 6.04 Å². The van der Waals surface area contributed by atoms with Crippen molar-refractivity contribution in [3.05, 3.63) is 36.0 Å². The van der Waals surface area contributed by atoms with Gasteiger partial charge >= 0.3 is 5.97 Å². The van der Waals surface area contributed by atoms with Crippen molar-refractivity contribution in [3.63, 3.8) is 0 Å². The molecule has 7 N–H and O–H groups in total. The first kappa shape index (κ1) is 29.2. The van der Waals surface area contributed by atoms with Crippen LogP contribution in [0.15, 0.2) is 30.5 Å². The molecule has 1 aromatic carbocycles. The molecule has 0 saturated heterocycles. The predicted octanol–water partition coefficient (Wildman–Crippen LogP) is 1.21. The molecule has 2 rings (SSSR count). The van der Waals surface area contributed by atoms with Gasteiger partial charge in [-0.15, -0.1) is 0 Å². The fourth-order valence-electron chi connectivity index (χ4n) is 3.70. The lowest BCUT2D eigenvalue weighted by atomic mass is 9.96. The standard InChI is InChI=1S/C25H37N5O5S/c1-5-14(4)21(24(33)29-19(12-36)25(34)35)30-22(31)18(28-23(32)20(26)13(2)3)10-15-11-27-17-9-7-6-8-16(15)17/h6-9,11,13-14,18-21,27,36H,5,10,12,26H2,1-4H3,(H,28,32)(H,29,33)(H,30,31)(H,34,35). The molecular formula is C25H37N5O5S. The van der Waals surface area contributed by atoms with Crippen LogP contribution in [0.25, 0.3) is 10.9 Å². The second-order valence-electron chi connectivity index (χ2n) is 9.35. The van der Waals surface area contributed by atoms with Crippen LogP contribution in [0, 0.1) is 11.8 Å². The van der Waals surface area contributed by atoms with Crippen LogP contribution in [0.2, 0.25) is 0 Å². The van der Waals surface area contributed by atoms with E-state index in [2.05, 4.69) is 33.6 Å². The van der Waals surface area contributed by atoms with Gasteiger partial charge in [0.2, 0.25) is 17.7 Å². The lowest BCUT2D eigenvalue weighted by molar-refractivity contribution is -0.142. The summed E-state index contributed by atoms with van der Waals surface area (Å²) in [5.74, 6) is -3.44. The minimum Gasteiger partial charge on any atom is -0.480 e. The maximum absolute atomic E-state index is 13.5. The number of nitrogens with one attached hydrogen (secondary N) is 4. The van der Waals surface area contributed by atoms with Crippen molar-refractivity contribution in [2.24, 2.45) is 17.6 Å². The highest BCUT2D eigenvalue weighted by atomic mass is 32.1. The number of H-pyrrole nitrogens is 1. The molecule has 0 spiro atoms. The molecule has 1 aromatic heterocycles. The lowest BCUT2D eigenvalue weighted by Crippen LogP contribution is -2.59. The Labute approximate surface area is 216 Å². The van der Waals surface area contributed by atoms with Crippen LogP contribution in [0.3, 0.4) is 0 Å². The largest absolute Gasteiger partial charge is 0.480 e. The van der Waals surface area contributed by atoms with Crippen LogP contribution in [0.5, 0.6) is 0 Å². The number of rotatable bonds is 13. The second kappa shape index (κ2) is 13.3. The number of benzene rings is 1. The number of hydrogen-bond acceptors (Lipinski definition) is 6. The van der Waals surface area contributed by atoms with Gasteiger partial charge in [0.15, 0.2) is 0 Å². The Balaban J connectivity index is 2.32. The van der Waals surface area contributed by atoms with Gasteiger partial charge in [-0.05, 0) is 23.5 Å². The number of carbonyl (C=O) groups excluding carboxylic acids is 3. The number of fused-ring (bicyclic) bond motifs is 1. The number of carbonyl (C=O) groups is 4. The maximum Gasteiger partial charge on any atom is 0.327 e. The minimum absolute atomic E-state index is 0.103. The first-order valence-corrected chi connectivity index (χ1v) is 12.7. The Morgan fingerprint density at radius 3 is 2.22 bits per heavy atom. The van der Waals surface area contributed by atoms with Crippen molar-refractivity contribution < 1.29 is 24.3 Å². The molecule has 3 amide bonds. The van der Waals surface area contributed by atoms with Crippen LogP contribution >= 0.6 is 12.6 Å². The summed E-state index contributed by atoms with van der Waals surface area (Å²) in [6, 6.07) is 3.55. The second-order valence-corrected chi connectivity index (χ2v) is 9.71. The molecule has 0 radical (unpaired) electrons. The van der Waals surface area contributed by atoms with Gasteiger partial charge in [-0.2, -0.15) is 12.6 Å². The summed E-state index contributed by atoms with van der Waals surface area (Å²) >= 11 is 3.98. The van der Waals surface area contributed by atoms with Gasteiger partial charge in [-0.1, -0.05) is 52.3 Å². The highest BCUT2D eigenvalue weighted by Crippen LogP contribution is 2.20. The van der Waals surface area contributed by atoms with E-state index in [9.17, 15) is 24.3 Å². The molecule has 36 heavy (non-hydrogen) atoms. The molecule has 0 aliphatic heterocycles. The summed E-state index contributed by atoms with van der Waals surface area (Å²) in [5.41, 5.74) is 7.72. The number of carboxylic acids is 1. The van der Waals surface area contributed by atoms with E-state index in [-0.39, 0.29) is 24.0 Å². The highest BCUT2D eigenvalue weighted by molar-refractivity contribution is 7.80. The van der Waals surface area contributed by atoms with E-state index in [0.717, 1.165) is 16.5 Å². The molecule has 0 saturated carbocycles. The number of amides is 3. The topological polar surface area (TPSA) is 166 Å². The Morgan fingerprint density at radius 1 is 1.00 bits per heavy atom. The molecule has 5 unspecified atom stereocenters. The van der Waals surface area contributed by atoms with Crippen LogP contribution in [-0.4, -0.2) is 63.7 Å². The number of aromatic nitrogens is 1. The number of hydrogen-bond donors (Lipinski definition) is 7. The molecule has 0 aliphatic carbocycles. The van der Waals surface area contributed by atoms with E-state index in [1.54, 1.807) is 13.1 Å². The molecule has 198 valence electrons. The molecule has 2 aromatic rings. The smallest absolute Gasteiger partial charge is 0.327 e. The summed E-state index contributed by atoms with van der Waals surface area (Å²) in [5, 5.41) is 18.1. The van der Waals surface area contributed by atoms with Gasteiger partial charge in [-0.25, -0.2) is 4.79 Å². The van der Waals surface area contributed by atoms with Crippen molar-refractivity contribution in [1.29, 1.82) is 0 Å². The third kappa shape index (κ3) is 7.47. The van der Waals surface area contributed by atoms with Gasteiger partial charge in [0.1, 0.15) is 18.1 Å². The van der Waals surface area contributed by atoms with E-state index >= 15 is 0 Å². The molecule has 11 heteroatoms. The van der Waals surface area contributed by atoms with E-state index in [0.29, 0.717) is 6.42 Å². The molecule has 0 fully saturated rings. The Kier molecular flexibility index (Phi) is 10.8. The number of aromatic amines is 1. The van der Waals surface area contributed by atoms with Gasteiger partial charge < -0.3 is 31.8 Å². The van der Waals surface area contributed by atoms with E-state index in [1.807, 2.05) is 45.0 Å². The van der Waals surface area contributed by atoms with E-state index in [1.165, 1.54) is 0 Å².